The molecule has 0 saturated heterocycles. The van der Waals surface area contributed by atoms with E-state index in [0.717, 1.165) is 60.2 Å². The van der Waals surface area contributed by atoms with E-state index >= 15 is 0 Å². The van der Waals surface area contributed by atoms with Gasteiger partial charge in [-0.15, -0.1) is 0 Å². The summed E-state index contributed by atoms with van der Waals surface area (Å²) < 4.78 is 18.3. The summed E-state index contributed by atoms with van der Waals surface area (Å²) in [6.45, 7) is 8.32. The van der Waals surface area contributed by atoms with Crippen molar-refractivity contribution in [3.8, 4) is 0 Å². The van der Waals surface area contributed by atoms with E-state index in [1.54, 1.807) is 0 Å². The van der Waals surface area contributed by atoms with Crippen LogP contribution in [0.25, 0.3) is 0 Å². The van der Waals surface area contributed by atoms with E-state index < -0.39 is 0 Å². The molecule has 132 valence electrons. The first-order valence-corrected chi connectivity index (χ1v) is 9.12. The predicted molar refractivity (Wildman–Crippen MR) is 96.9 cm³/mol. The zero-order valence-corrected chi connectivity index (χ0v) is 15.5. The Balaban J connectivity index is 1.83. The predicted octanol–water partition coefficient (Wildman–Crippen LogP) is 6.21. The molecule has 25 heavy (non-hydrogen) atoms. The van der Waals surface area contributed by atoms with Gasteiger partial charge in [0.05, 0.1) is 5.41 Å². The second kappa shape index (κ2) is 5.69. The van der Waals surface area contributed by atoms with Crippen LogP contribution in [0.1, 0.15) is 67.2 Å². The summed E-state index contributed by atoms with van der Waals surface area (Å²) in [6.07, 6.45) is 4.17. The maximum atomic E-state index is 6.13. The quantitative estimate of drug-likeness (QED) is 0.570. The summed E-state index contributed by atoms with van der Waals surface area (Å²) in [7, 11) is 0. The van der Waals surface area contributed by atoms with Crippen LogP contribution < -0.4 is 0 Å². The molecule has 1 fully saturated rings. The van der Waals surface area contributed by atoms with Gasteiger partial charge in [-0.3, -0.25) is 0 Å². The monoisotopic (exact) mass is 338 g/mol. The molecule has 3 aromatic rings. The molecule has 0 N–H and O–H groups in total. The molecule has 3 heteroatoms. The van der Waals surface area contributed by atoms with Gasteiger partial charge in [0.1, 0.15) is 34.6 Å². The Labute approximate surface area is 149 Å². The van der Waals surface area contributed by atoms with Gasteiger partial charge in [-0.25, -0.2) is 0 Å². The SMILES string of the molecule is Cc1ccc(C2(c3ccc(C)o3)CCC[C@](C)(c3ccc(C)o3)C2)o1. The van der Waals surface area contributed by atoms with Crippen LogP contribution in [0.15, 0.2) is 49.6 Å². The Morgan fingerprint density at radius 3 is 1.60 bits per heavy atom. The fourth-order valence-electron chi connectivity index (χ4n) is 4.52. The number of hydrogen-bond donors (Lipinski definition) is 0. The minimum absolute atomic E-state index is 0.0338. The fraction of sp³-hybridized carbons (Fsp3) is 0.455. The van der Waals surface area contributed by atoms with Crippen molar-refractivity contribution in [3.63, 3.8) is 0 Å². The van der Waals surface area contributed by atoms with Crippen LogP contribution >= 0.6 is 0 Å². The van der Waals surface area contributed by atoms with E-state index in [-0.39, 0.29) is 10.8 Å². The molecular formula is C22H26O3. The normalized spacial score (nSPS) is 23.0. The summed E-state index contributed by atoms with van der Waals surface area (Å²) in [5, 5.41) is 0. The second-order valence-corrected chi connectivity index (χ2v) is 7.90. The molecule has 0 radical (unpaired) electrons. The Morgan fingerprint density at radius 2 is 1.16 bits per heavy atom. The molecule has 0 spiro atoms. The second-order valence-electron chi connectivity index (χ2n) is 7.90. The van der Waals surface area contributed by atoms with Crippen LogP contribution in [0.5, 0.6) is 0 Å². The molecule has 0 bridgehead atoms. The van der Waals surface area contributed by atoms with Crippen molar-refractivity contribution < 1.29 is 13.3 Å². The van der Waals surface area contributed by atoms with Crippen LogP contribution in [0.3, 0.4) is 0 Å². The first-order valence-electron chi connectivity index (χ1n) is 9.12. The van der Waals surface area contributed by atoms with Gasteiger partial charge in [0.15, 0.2) is 0 Å². The largest absolute Gasteiger partial charge is 0.466 e. The first kappa shape index (κ1) is 16.3. The van der Waals surface area contributed by atoms with Gasteiger partial charge in [-0.1, -0.05) is 13.3 Å². The van der Waals surface area contributed by atoms with E-state index in [1.165, 1.54) is 0 Å². The first-order chi connectivity index (χ1) is 11.9. The Morgan fingerprint density at radius 1 is 0.680 bits per heavy atom. The van der Waals surface area contributed by atoms with Crippen LogP contribution in [0.2, 0.25) is 0 Å². The van der Waals surface area contributed by atoms with Gasteiger partial charge >= 0.3 is 0 Å². The zero-order valence-electron chi connectivity index (χ0n) is 15.5. The Bertz CT molecular complexity index is 838. The average molecular weight is 338 g/mol. The molecule has 0 amide bonds. The van der Waals surface area contributed by atoms with Gasteiger partial charge in [-0.2, -0.15) is 0 Å². The van der Waals surface area contributed by atoms with Crippen molar-refractivity contribution in [2.75, 3.05) is 0 Å². The highest BCUT2D eigenvalue weighted by atomic mass is 16.4. The van der Waals surface area contributed by atoms with Crippen molar-refractivity contribution in [1.82, 2.24) is 0 Å². The number of hydrogen-bond acceptors (Lipinski definition) is 3. The fourth-order valence-corrected chi connectivity index (χ4v) is 4.52. The third-order valence-corrected chi connectivity index (χ3v) is 5.78. The molecule has 1 saturated carbocycles. The molecule has 3 heterocycles. The maximum Gasteiger partial charge on any atom is 0.117 e. The molecule has 3 nitrogen and oxygen atoms in total. The third-order valence-electron chi connectivity index (χ3n) is 5.78. The Kier molecular flexibility index (Phi) is 3.71. The van der Waals surface area contributed by atoms with Crippen molar-refractivity contribution in [3.05, 3.63) is 71.0 Å². The summed E-state index contributed by atoms with van der Waals surface area (Å²) in [6, 6.07) is 12.5. The van der Waals surface area contributed by atoms with Crippen molar-refractivity contribution >= 4 is 0 Å². The van der Waals surface area contributed by atoms with Crippen molar-refractivity contribution in [1.29, 1.82) is 0 Å². The van der Waals surface area contributed by atoms with E-state index in [2.05, 4.69) is 43.3 Å². The lowest BCUT2D eigenvalue weighted by Crippen LogP contribution is -2.40. The number of rotatable bonds is 3. The highest BCUT2D eigenvalue weighted by Gasteiger charge is 2.50. The molecule has 1 atom stereocenters. The minimum atomic E-state index is -0.240. The van der Waals surface area contributed by atoms with Gasteiger partial charge in [-0.05, 0) is 76.4 Å². The molecule has 0 aliphatic heterocycles. The lowest BCUT2D eigenvalue weighted by atomic mass is 9.60. The highest BCUT2D eigenvalue weighted by Crippen LogP contribution is 2.53. The minimum Gasteiger partial charge on any atom is -0.466 e. The van der Waals surface area contributed by atoms with Crippen molar-refractivity contribution in [2.45, 2.75) is 64.2 Å². The van der Waals surface area contributed by atoms with Gasteiger partial charge in [0.2, 0.25) is 0 Å². The number of furan rings is 3. The molecule has 0 unspecified atom stereocenters. The maximum absolute atomic E-state index is 6.13. The summed E-state index contributed by atoms with van der Waals surface area (Å²) in [4.78, 5) is 0. The molecule has 1 aliphatic carbocycles. The standard InChI is InChI=1S/C22H26O3/c1-15-6-9-18(23-15)21(4)12-5-13-22(14-21,19-10-7-16(2)24-19)20-11-8-17(3)25-20/h6-11H,5,12-14H2,1-4H3/t21-/m0/s1. The third kappa shape index (κ3) is 2.66. The molecule has 1 aliphatic rings. The van der Waals surface area contributed by atoms with E-state index in [4.69, 9.17) is 13.3 Å². The lowest BCUT2D eigenvalue weighted by Gasteiger charge is -2.43. The van der Waals surface area contributed by atoms with Crippen LogP contribution in [0.4, 0.5) is 0 Å². The van der Waals surface area contributed by atoms with E-state index in [9.17, 15) is 0 Å². The summed E-state index contributed by atoms with van der Waals surface area (Å²) >= 11 is 0. The molecule has 4 rings (SSSR count). The van der Waals surface area contributed by atoms with Gasteiger partial charge in [0.25, 0.3) is 0 Å². The average Bonchev–Trinajstić information content (AvgIpc) is 3.29. The zero-order chi connectivity index (χ0) is 17.7. The van der Waals surface area contributed by atoms with Crippen LogP contribution in [-0.4, -0.2) is 0 Å². The van der Waals surface area contributed by atoms with Crippen LogP contribution in [-0.2, 0) is 10.8 Å². The molecule has 0 aromatic carbocycles. The Hall–Kier alpha value is -2.16. The summed E-state index contributed by atoms with van der Waals surface area (Å²) in [5.74, 6) is 5.94. The highest BCUT2D eigenvalue weighted by molar-refractivity contribution is 5.34. The van der Waals surface area contributed by atoms with Crippen LogP contribution in [0, 0.1) is 20.8 Å². The molecule has 3 aromatic heterocycles. The topological polar surface area (TPSA) is 39.4 Å². The smallest absolute Gasteiger partial charge is 0.117 e. The van der Waals surface area contributed by atoms with Crippen molar-refractivity contribution in [2.24, 2.45) is 0 Å². The van der Waals surface area contributed by atoms with E-state index in [1.807, 2.05) is 20.8 Å². The molecular weight excluding hydrogens is 312 g/mol. The number of aryl methyl sites for hydroxylation is 3. The lowest BCUT2D eigenvalue weighted by molar-refractivity contribution is 0.157. The van der Waals surface area contributed by atoms with Gasteiger partial charge < -0.3 is 13.3 Å². The van der Waals surface area contributed by atoms with E-state index in [0.29, 0.717) is 0 Å². The summed E-state index contributed by atoms with van der Waals surface area (Å²) in [5.41, 5.74) is -0.274. The van der Waals surface area contributed by atoms with Gasteiger partial charge in [0, 0.05) is 5.41 Å².